The van der Waals surface area contributed by atoms with E-state index in [4.69, 9.17) is 0 Å². The fourth-order valence-electron chi connectivity index (χ4n) is 3.37. The molecule has 2 rings (SSSR count). The van der Waals surface area contributed by atoms with E-state index >= 15 is 0 Å². The van der Waals surface area contributed by atoms with Crippen LogP contribution in [0.5, 0.6) is 0 Å². The van der Waals surface area contributed by atoms with E-state index in [0.717, 1.165) is 25.7 Å². The molecule has 6 nitrogen and oxygen atoms in total. The lowest BCUT2D eigenvalue weighted by molar-refractivity contribution is -0.115. The summed E-state index contributed by atoms with van der Waals surface area (Å²) >= 11 is 0. The van der Waals surface area contributed by atoms with Crippen LogP contribution in [0.1, 0.15) is 70.3 Å². The molecule has 1 aliphatic rings. The molecule has 0 atom stereocenters. The molecule has 1 saturated carbocycles. The molecule has 1 aromatic heterocycles. The van der Waals surface area contributed by atoms with E-state index in [1.165, 1.54) is 12.3 Å². The number of nitrogens with one attached hydrogen (secondary N) is 3. The molecule has 8 heteroatoms. The summed E-state index contributed by atoms with van der Waals surface area (Å²) in [6, 6.07) is 0.114. The van der Waals surface area contributed by atoms with Crippen molar-refractivity contribution in [3.05, 3.63) is 36.4 Å². The number of aromatic nitrogens is 2. The summed E-state index contributed by atoms with van der Waals surface area (Å²) in [5, 5.41) is 11.9. The van der Waals surface area contributed by atoms with Gasteiger partial charge >= 0.3 is 0 Å². The topological polar surface area (TPSA) is 86.9 Å². The van der Waals surface area contributed by atoms with Crippen LogP contribution in [-0.4, -0.2) is 34.7 Å². The maximum atomic E-state index is 12.7. The highest BCUT2D eigenvalue weighted by Crippen LogP contribution is 2.37. The Morgan fingerprint density at radius 3 is 2.40 bits per heavy atom. The molecule has 30 heavy (non-hydrogen) atoms. The quantitative estimate of drug-likeness (QED) is 0.556. The van der Waals surface area contributed by atoms with Crippen LogP contribution in [0, 0.1) is 11.3 Å². The van der Waals surface area contributed by atoms with Crippen LogP contribution in [0.3, 0.4) is 0 Å². The van der Waals surface area contributed by atoms with Crippen LogP contribution >= 0.6 is 0 Å². The maximum absolute atomic E-state index is 12.7. The third-order valence-electron chi connectivity index (χ3n) is 5.10. The van der Waals surface area contributed by atoms with Crippen LogP contribution in [-0.2, 0) is 4.79 Å². The Labute approximate surface area is 177 Å². The summed E-state index contributed by atoms with van der Waals surface area (Å²) in [6.07, 6.45) is 8.07. The average molecular weight is 425 g/mol. The molecule has 1 aromatic rings. The van der Waals surface area contributed by atoms with Crippen molar-refractivity contribution < 1.29 is 18.4 Å². The van der Waals surface area contributed by atoms with E-state index in [-0.39, 0.29) is 35.4 Å². The van der Waals surface area contributed by atoms with Gasteiger partial charge in [-0.2, -0.15) is 5.10 Å². The van der Waals surface area contributed by atoms with Gasteiger partial charge in [0.05, 0.1) is 18.3 Å². The zero-order valence-electron chi connectivity index (χ0n) is 18.4. The highest BCUT2D eigenvalue weighted by atomic mass is 19.1. The molecule has 0 aromatic carbocycles. The second kappa shape index (κ2) is 12.2. The molecule has 0 spiro atoms. The van der Waals surface area contributed by atoms with E-state index in [9.17, 15) is 18.4 Å². The van der Waals surface area contributed by atoms with Gasteiger partial charge in [-0.1, -0.05) is 39.5 Å². The van der Waals surface area contributed by atoms with Crippen molar-refractivity contribution in [3.8, 4) is 0 Å². The number of aromatic amines is 1. The van der Waals surface area contributed by atoms with E-state index < -0.39 is 18.2 Å². The van der Waals surface area contributed by atoms with Gasteiger partial charge in [0.2, 0.25) is 5.91 Å². The molecule has 1 aliphatic carbocycles. The first-order chi connectivity index (χ1) is 14.1. The van der Waals surface area contributed by atoms with Crippen molar-refractivity contribution in [1.82, 2.24) is 15.5 Å². The van der Waals surface area contributed by atoms with E-state index in [0.29, 0.717) is 5.92 Å². The lowest BCUT2D eigenvalue weighted by atomic mass is 9.71. The minimum atomic E-state index is -0.734. The Hall–Kier alpha value is -2.51. The lowest BCUT2D eigenvalue weighted by Crippen LogP contribution is -2.39. The number of amides is 2. The van der Waals surface area contributed by atoms with Gasteiger partial charge in [0.1, 0.15) is 18.2 Å². The Kier molecular flexibility index (Phi) is 10.4. The van der Waals surface area contributed by atoms with Crippen LogP contribution < -0.4 is 10.6 Å². The van der Waals surface area contributed by atoms with E-state index in [1.54, 1.807) is 13.0 Å². The summed E-state index contributed by atoms with van der Waals surface area (Å²) in [5.41, 5.74) is 0.707. The Morgan fingerprint density at radius 1 is 1.30 bits per heavy atom. The van der Waals surface area contributed by atoms with E-state index in [2.05, 4.69) is 48.2 Å². The van der Waals surface area contributed by atoms with Crippen molar-refractivity contribution >= 4 is 17.5 Å². The minimum Gasteiger partial charge on any atom is -0.348 e. The highest BCUT2D eigenvalue weighted by Gasteiger charge is 2.30. The normalized spacial score (nSPS) is 19.0. The van der Waals surface area contributed by atoms with Crippen LogP contribution in [0.4, 0.5) is 14.5 Å². The summed E-state index contributed by atoms with van der Waals surface area (Å²) in [4.78, 5) is 24.1. The predicted octanol–water partition coefficient (Wildman–Crippen LogP) is 5.09. The number of carbonyl (C=O) groups excluding carboxylic acids is 2. The third kappa shape index (κ3) is 8.88. The lowest BCUT2D eigenvalue weighted by Gasteiger charge is -2.37. The van der Waals surface area contributed by atoms with Gasteiger partial charge in [-0.05, 0) is 43.9 Å². The first kappa shape index (κ1) is 25.5. The number of carbonyl (C=O) groups is 2. The molecule has 168 valence electrons. The number of hydrogen-bond donors (Lipinski definition) is 3. The number of hydrogen-bond acceptors (Lipinski definition) is 3. The number of anilines is 1. The fraction of sp³-hybridized carbons (Fsp3) is 0.591. The van der Waals surface area contributed by atoms with E-state index in [1.807, 2.05) is 0 Å². The van der Waals surface area contributed by atoms with Gasteiger partial charge < -0.3 is 10.6 Å². The molecule has 1 heterocycles. The van der Waals surface area contributed by atoms with Crippen LogP contribution in [0.2, 0.25) is 0 Å². The summed E-state index contributed by atoms with van der Waals surface area (Å²) in [7, 11) is 0. The zero-order chi connectivity index (χ0) is 22.7. The van der Waals surface area contributed by atoms with Gasteiger partial charge in [-0.15, -0.1) is 0 Å². The van der Waals surface area contributed by atoms with Gasteiger partial charge in [0.25, 0.3) is 5.91 Å². The molecule has 1 fully saturated rings. The molecule has 3 N–H and O–H groups in total. The number of rotatable bonds is 6. The largest absolute Gasteiger partial charge is 0.348 e. The highest BCUT2D eigenvalue weighted by molar-refractivity contribution is 6.02. The molecule has 0 bridgehead atoms. The van der Waals surface area contributed by atoms with Crippen molar-refractivity contribution in [3.63, 3.8) is 0 Å². The predicted molar refractivity (Wildman–Crippen MR) is 116 cm³/mol. The minimum absolute atomic E-state index is 0.114. The zero-order valence-corrected chi connectivity index (χ0v) is 18.4. The first-order valence-electron chi connectivity index (χ1n) is 10.2. The fourth-order valence-corrected chi connectivity index (χ4v) is 3.37. The molecule has 0 aliphatic heterocycles. The third-order valence-corrected chi connectivity index (χ3v) is 5.10. The standard InChI is InChI=1S/C18H27FN4O2.C4H7F/c1-11(19)9-15(24)22-14-10-20-23-16(14)17(25)21-13-7-5-12(6-8-13)18(2,3)4;1-2-3-4-5/h10,12-13H,1,5-9H2,2-4H3,(H,20,23)(H,21,25)(H,22,24);2-3H,4H2,1H3/b;3-2-. The molecule has 2 amide bonds. The molecular weight excluding hydrogens is 390 g/mol. The van der Waals surface area contributed by atoms with Gasteiger partial charge in [-0.25, -0.2) is 8.78 Å². The van der Waals surface area contributed by atoms with Crippen LogP contribution in [0.15, 0.2) is 30.8 Å². The Morgan fingerprint density at radius 2 is 1.93 bits per heavy atom. The van der Waals surface area contributed by atoms with Crippen molar-refractivity contribution in [2.45, 2.75) is 65.8 Å². The Bertz CT molecular complexity index is 730. The monoisotopic (exact) mass is 424 g/mol. The SMILES string of the molecule is C/C=C\CF.C=C(F)CC(=O)Nc1cn[nH]c1C(=O)NC1CCC(C(C)(C)C)CC1. The number of halogens is 2. The van der Waals surface area contributed by atoms with Gasteiger partial charge in [-0.3, -0.25) is 14.7 Å². The number of H-pyrrole nitrogens is 1. The molecular formula is C22H34F2N4O2. The summed E-state index contributed by atoms with van der Waals surface area (Å²) in [6.45, 7) is 11.3. The van der Waals surface area contributed by atoms with Gasteiger partial charge in [0, 0.05) is 6.04 Å². The van der Waals surface area contributed by atoms with Crippen LogP contribution in [0.25, 0.3) is 0 Å². The molecule has 0 unspecified atom stereocenters. The summed E-state index contributed by atoms with van der Waals surface area (Å²) in [5.74, 6) is -0.959. The van der Waals surface area contributed by atoms with Gasteiger partial charge in [0.15, 0.2) is 0 Å². The molecule has 0 saturated heterocycles. The second-order valence-electron chi connectivity index (χ2n) is 8.51. The number of allylic oxidation sites excluding steroid dienone is 2. The van der Waals surface area contributed by atoms with Crippen molar-refractivity contribution in [1.29, 1.82) is 0 Å². The van der Waals surface area contributed by atoms with Crippen molar-refractivity contribution in [2.24, 2.45) is 11.3 Å². The van der Waals surface area contributed by atoms with Crippen molar-refractivity contribution in [2.75, 3.05) is 12.0 Å². The smallest absolute Gasteiger partial charge is 0.271 e. The number of alkyl halides is 1. The first-order valence-corrected chi connectivity index (χ1v) is 10.2. The Balaban J connectivity index is 0.000000804. The second-order valence-corrected chi connectivity index (χ2v) is 8.51. The number of nitrogens with zero attached hydrogens (tertiary/aromatic N) is 1. The summed E-state index contributed by atoms with van der Waals surface area (Å²) < 4.78 is 23.6. The average Bonchev–Trinajstić information content (AvgIpc) is 3.10. The molecule has 0 radical (unpaired) electrons. The maximum Gasteiger partial charge on any atom is 0.271 e.